The number of anilines is 1. The summed E-state index contributed by atoms with van der Waals surface area (Å²) in [5.41, 5.74) is 11.2. The summed E-state index contributed by atoms with van der Waals surface area (Å²) in [6.07, 6.45) is 0.908. The lowest BCUT2D eigenvalue weighted by Gasteiger charge is -2.29. The van der Waals surface area contributed by atoms with Gasteiger partial charge in [-0.05, 0) is 28.0 Å². The Bertz CT molecular complexity index is 1030. The van der Waals surface area contributed by atoms with Crippen LogP contribution in [0.5, 0.6) is 0 Å². The Hall–Kier alpha value is -3.00. The lowest BCUT2D eigenvalue weighted by Crippen LogP contribution is -2.31. The number of nitrogens with one attached hydrogen (secondary N) is 1. The molecule has 4 aromatic rings. The second-order valence-corrected chi connectivity index (χ2v) is 6.15. The van der Waals surface area contributed by atoms with E-state index in [0.717, 1.165) is 42.7 Å². The summed E-state index contributed by atoms with van der Waals surface area (Å²) >= 11 is 0. The molecule has 8 heteroatoms. The van der Waals surface area contributed by atoms with Gasteiger partial charge in [0, 0.05) is 25.2 Å². The highest BCUT2D eigenvalue weighted by molar-refractivity contribution is 5.93. The number of tetrazole rings is 1. The van der Waals surface area contributed by atoms with Crippen molar-refractivity contribution in [3.05, 3.63) is 47.0 Å². The highest BCUT2D eigenvalue weighted by Crippen LogP contribution is 2.32. The van der Waals surface area contributed by atoms with Gasteiger partial charge < -0.3 is 5.73 Å². The van der Waals surface area contributed by atoms with Crippen LogP contribution < -0.4 is 5.73 Å². The first-order chi connectivity index (χ1) is 11.8. The first kappa shape index (κ1) is 13.4. The predicted molar refractivity (Wildman–Crippen MR) is 89.1 cm³/mol. The third-order valence-corrected chi connectivity index (χ3v) is 4.69. The second kappa shape index (κ2) is 5.00. The van der Waals surface area contributed by atoms with Crippen molar-refractivity contribution in [3.8, 4) is 0 Å². The maximum absolute atomic E-state index is 6.10. The van der Waals surface area contributed by atoms with Gasteiger partial charge >= 0.3 is 0 Å². The molecule has 1 aliphatic rings. The molecular formula is C16H16N8. The molecule has 0 radical (unpaired) electrons. The van der Waals surface area contributed by atoms with E-state index in [0.29, 0.717) is 11.5 Å². The number of hydrogen-bond acceptors (Lipinski definition) is 6. The molecule has 4 heterocycles. The zero-order valence-corrected chi connectivity index (χ0v) is 13.0. The number of nitrogens with two attached hydrogens (primary N) is 1. The summed E-state index contributed by atoms with van der Waals surface area (Å²) in [4.78, 5) is 2.41. The molecule has 120 valence electrons. The van der Waals surface area contributed by atoms with Crippen molar-refractivity contribution in [1.82, 2.24) is 35.1 Å². The third-order valence-electron chi connectivity index (χ3n) is 4.69. The van der Waals surface area contributed by atoms with Crippen molar-refractivity contribution >= 4 is 22.5 Å². The summed E-state index contributed by atoms with van der Waals surface area (Å²) in [6.45, 7) is 2.68. The van der Waals surface area contributed by atoms with Gasteiger partial charge in [0.1, 0.15) is 5.82 Å². The Morgan fingerprint density at radius 3 is 2.88 bits per heavy atom. The quantitative estimate of drug-likeness (QED) is 0.574. The number of aromatic nitrogens is 6. The number of rotatable bonds is 2. The summed E-state index contributed by atoms with van der Waals surface area (Å²) < 4.78 is 1.67. The fraction of sp³-hybridized carbons (Fsp3) is 0.250. The molecule has 24 heavy (non-hydrogen) atoms. The van der Waals surface area contributed by atoms with Gasteiger partial charge in [-0.15, -0.1) is 5.10 Å². The number of nitrogens with zero attached hydrogens (tertiary/aromatic N) is 6. The molecule has 5 rings (SSSR count). The molecule has 0 saturated carbocycles. The number of nitrogen functional groups attached to an aromatic ring is 1. The van der Waals surface area contributed by atoms with E-state index in [4.69, 9.17) is 5.73 Å². The van der Waals surface area contributed by atoms with Crippen LogP contribution in [-0.2, 0) is 19.5 Å². The predicted octanol–water partition coefficient (Wildman–Crippen LogP) is 1.14. The average molecular weight is 320 g/mol. The molecule has 0 saturated heterocycles. The second-order valence-electron chi connectivity index (χ2n) is 6.15. The monoisotopic (exact) mass is 320 g/mol. The van der Waals surface area contributed by atoms with E-state index < -0.39 is 0 Å². The zero-order chi connectivity index (χ0) is 16.1. The highest BCUT2D eigenvalue weighted by Gasteiger charge is 2.26. The van der Waals surface area contributed by atoms with E-state index in [-0.39, 0.29) is 0 Å². The van der Waals surface area contributed by atoms with E-state index in [1.54, 1.807) is 4.52 Å². The van der Waals surface area contributed by atoms with E-state index in [1.807, 2.05) is 6.07 Å². The minimum absolute atomic E-state index is 0.579. The number of hydrogen-bond donors (Lipinski definition) is 2. The minimum Gasteiger partial charge on any atom is -0.384 e. The summed E-state index contributed by atoms with van der Waals surface area (Å²) in [7, 11) is 0. The standard InChI is InChI=1S/C16H16N8/c17-14-13-11-6-7-23(8-10-4-2-1-3-5-10)9-12(11)15-20-21-22-24(15)16(13)19-18-14/h1-5H,6-9H2,(H3,17,18,19). The normalized spacial score (nSPS) is 15.2. The lowest BCUT2D eigenvalue weighted by molar-refractivity contribution is 0.247. The topological polar surface area (TPSA) is 101 Å². The molecule has 0 fully saturated rings. The van der Waals surface area contributed by atoms with Crippen LogP contribution >= 0.6 is 0 Å². The van der Waals surface area contributed by atoms with Gasteiger partial charge in [-0.3, -0.25) is 10.00 Å². The van der Waals surface area contributed by atoms with Crippen LogP contribution in [0.1, 0.15) is 16.7 Å². The first-order valence-corrected chi connectivity index (χ1v) is 7.93. The fourth-order valence-electron chi connectivity index (χ4n) is 3.59. The highest BCUT2D eigenvalue weighted by atomic mass is 15.5. The maximum atomic E-state index is 6.10. The van der Waals surface area contributed by atoms with Crippen LogP contribution in [0.15, 0.2) is 30.3 Å². The van der Waals surface area contributed by atoms with Crippen LogP contribution in [0.4, 0.5) is 5.82 Å². The maximum Gasteiger partial charge on any atom is 0.188 e. The number of benzene rings is 1. The fourth-order valence-corrected chi connectivity index (χ4v) is 3.59. The van der Waals surface area contributed by atoms with E-state index in [2.05, 4.69) is 54.9 Å². The Morgan fingerprint density at radius 2 is 2.00 bits per heavy atom. The van der Waals surface area contributed by atoms with Crippen molar-refractivity contribution in [2.24, 2.45) is 0 Å². The molecule has 0 unspecified atom stereocenters. The molecule has 0 aliphatic carbocycles. The van der Waals surface area contributed by atoms with Crippen molar-refractivity contribution < 1.29 is 0 Å². The molecule has 0 atom stereocenters. The van der Waals surface area contributed by atoms with Crippen LogP contribution in [0.2, 0.25) is 0 Å². The summed E-state index contributed by atoms with van der Waals surface area (Å²) in [5.74, 6) is 0.579. The summed E-state index contributed by atoms with van der Waals surface area (Å²) in [6, 6.07) is 10.5. The molecule has 3 aromatic heterocycles. The van der Waals surface area contributed by atoms with Crippen LogP contribution in [-0.4, -0.2) is 41.7 Å². The smallest absolute Gasteiger partial charge is 0.188 e. The van der Waals surface area contributed by atoms with Gasteiger partial charge in [-0.1, -0.05) is 30.3 Å². The number of pyridine rings is 1. The molecule has 1 aliphatic heterocycles. The molecule has 0 bridgehead atoms. The molecule has 0 amide bonds. The van der Waals surface area contributed by atoms with Crippen LogP contribution in [0.25, 0.3) is 16.7 Å². The first-order valence-electron chi connectivity index (χ1n) is 7.93. The van der Waals surface area contributed by atoms with E-state index in [1.165, 1.54) is 11.1 Å². The van der Waals surface area contributed by atoms with Crippen molar-refractivity contribution in [3.63, 3.8) is 0 Å². The largest absolute Gasteiger partial charge is 0.384 e. The number of aromatic amines is 1. The van der Waals surface area contributed by atoms with Crippen LogP contribution in [0, 0.1) is 0 Å². The van der Waals surface area contributed by atoms with Gasteiger partial charge in [0.05, 0.1) is 5.39 Å². The molecule has 1 aromatic carbocycles. The minimum atomic E-state index is 0.579. The Labute approximate surface area is 137 Å². The molecule has 3 N–H and O–H groups in total. The Morgan fingerprint density at radius 1 is 1.12 bits per heavy atom. The van der Waals surface area contributed by atoms with E-state index >= 15 is 0 Å². The zero-order valence-electron chi connectivity index (χ0n) is 13.0. The van der Waals surface area contributed by atoms with Gasteiger partial charge in [-0.25, -0.2) is 0 Å². The van der Waals surface area contributed by atoms with Gasteiger partial charge in [0.15, 0.2) is 11.3 Å². The van der Waals surface area contributed by atoms with Gasteiger partial charge in [0.25, 0.3) is 0 Å². The van der Waals surface area contributed by atoms with E-state index in [9.17, 15) is 0 Å². The van der Waals surface area contributed by atoms with Crippen molar-refractivity contribution in [2.75, 3.05) is 12.3 Å². The third kappa shape index (κ3) is 1.89. The Kier molecular flexibility index (Phi) is 2.80. The van der Waals surface area contributed by atoms with Crippen molar-refractivity contribution in [1.29, 1.82) is 0 Å². The lowest BCUT2D eigenvalue weighted by atomic mass is 9.97. The molecule has 0 spiro atoms. The van der Waals surface area contributed by atoms with Gasteiger partial charge in [0.2, 0.25) is 0 Å². The SMILES string of the molecule is Nc1[nH]nc2c1c1c(c3nnnn32)CN(Cc2ccccc2)CC1. The Balaban J connectivity index is 1.62. The van der Waals surface area contributed by atoms with Gasteiger partial charge in [-0.2, -0.15) is 9.61 Å². The molecule has 8 nitrogen and oxygen atoms in total. The number of H-pyrrole nitrogens is 1. The molecular weight excluding hydrogens is 304 g/mol. The summed E-state index contributed by atoms with van der Waals surface area (Å²) in [5, 5.41) is 20.2. The van der Waals surface area contributed by atoms with Crippen LogP contribution in [0.3, 0.4) is 0 Å². The number of fused-ring (bicyclic) bond motifs is 6. The average Bonchev–Trinajstić information content (AvgIpc) is 3.23. The van der Waals surface area contributed by atoms with Crippen molar-refractivity contribution in [2.45, 2.75) is 19.5 Å².